The predicted octanol–water partition coefficient (Wildman–Crippen LogP) is 1.72. The summed E-state index contributed by atoms with van der Waals surface area (Å²) in [4.78, 5) is 6.82. The van der Waals surface area contributed by atoms with E-state index in [0.717, 1.165) is 32.5 Å². The van der Waals surface area contributed by atoms with Crippen molar-refractivity contribution < 1.29 is 13.2 Å². The van der Waals surface area contributed by atoms with Crippen LogP contribution in [0.25, 0.3) is 0 Å². The maximum absolute atomic E-state index is 12.4. The maximum Gasteiger partial charge on any atom is 0.191 e. The topological polar surface area (TPSA) is 83.0 Å². The van der Waals surface area contributed by atoms with Gasteiger partial charge in [0, 0.05) is 58.7 Å². The van der Waals surface area contributed by atoms with Crippen LogP contribution in [0.3, 0.4) is 0 Å². The number of sulfone groups is 1. The Kier molecular flexibility index (Phi) is 7.76. The third-order valence-electron chi connectivity index (χ3n) is 6.41. The molecule has 0 radical (unpaired) electrons. The highest BCUT2D eigenvalue weighted by Crippen LogP contribution is 2.28. The van der Waals surface area contributed by atoms with Gasteiger partial charge in [-0.15, -0.1) is 0 Å². The van der Waals surface area contributed by atoms with Crippen molar-refractivity contribution in [1.29, 1.82) is 0 Å². The van der Waals surface area contributed by atoms with E-state index >= 15 is 0 Å². The third-order valence-corrected chi connectivity index (χ3v) is 8.54. The van der Waals surface area contributed by atoms with Crippen LogP contribution in [-0.4, -0.2) is 76.2 Å². The molecule has 1 aromatic rings. The lowest BCUT2D eigenvalue weighted by Crippen LogP contribution is -2.55. The molecular weight excluding hydrogens is 400 g/mol. The fourth-order valence-electron chi connectivity index (χ4n) is 4.36. The minimum absolute atomic E-state index is 0.342. The highest BCUT2D eigenvalue weighted by atomic mass is 32.2. The van der Waals surface area contributed by atoms with E-state index in [-0.39, 0.29) is 0 Å². The highest BCUT2D eigenvalue weighted by molar-refractivity contribution is 7.92. The zero-order valence-electron chi connectivity index (χ0n) is 18.5. The zero-order valence-corrected chi connectivity index (χ0v) is 19.3. The van der Waals surface area contributed by atoms with Crippen LogP contribution >= 0.6 is 0 Å². The molecule has 2 saturated heterocycles. The van der Waals surface area contributed by atoms with Gasteiger partial charge in [-0.2, -0.15) is 0 Å². The van der Waals surface area contributed by atoms with Gasteiger partial charge in [-0.1, -0.05) is 29.8 Å². The number of likely N-dealkylation sites (tertiary alicyclic amines) is 1. The number of nitrogens with zero attached hydrogens (tertiary/aromatic N) is 2. The Morgan fingerprint density at radius 2 is 1.97 bits per heavy atom. The molecule has 0 bridgehead atoms. The Morgan fingerprint density at radius 3 is 2.57 bits per heavy atom. The molecular formula is C22H36N4O3S. The summed E-state index contributed by atoms with van der Waals surface area (Å²) in [6.07, 6.45) is 4.45. The van der Waals surface area contributed by atoms with E-state index in [1.54, 1.807) is 7.05 Å². The van der Waals surface area contributed by atoms with E-state index in [2.05, 4.69) is 51.7 Å². The molecule has 0 saturated carbocycles. The molecule has 2 N–H and O–H groups in total. The summed E-state index contributed by atoms with van der Waals surface area (Å²) in [5.74, 6) is 0.682. The average molecular weight is 437 g/mol. The molecule has 0 aliphatic carbocycles. The summed E-state index contributed by atoms with van der Waals surface area (Å²) >= 11 is 0. The van der Waals surface area contributed by atoms with Crippen LogP contribution < -0.4 is 10.6 Å². The van der Waals surface area contributed by atoms with Crippen molar-refractivity contribution in [3.8, 4) is 0 Å². The predicted molar refractivity (Wildman–Crippen MR) is 122 cm³/mol. The molecule has 0 amide bonds. The molecule has 0 spiro atoms. The van der Waals surface area contributed by atoms with Crippen molar-refractivity contribution in [1.82, 2.24) is 15.5 Å². The molecule has 0 aromatic heterocycles. The number of guanidine groups is 1. The van der Waals surface area contributed by atoms with Crippen molar-refractivity contribution in [3.63, 3.8) is 0 Å². The second-order valence-electron chi connectivity index (χ2n) is 8.68. The first kappa shape index (κ1) is 23.0. The fraction of sp³-hybridized carbons (Fsp3) is 0.682. The molecule has 2 heterocycles. The molecule has 8 heteroatoms. The van der Waals surface area contributed by atoms with Crippen LogP contribution in [0.1, 0.15) is 36.8 Å². The van der Waals surface area contributed by atoms with Gasteiger partial charge in [0.05, 0.1) is 4.75 Å². The Balaban J connectivity index is 1.48. The van der Waals surface area contributed by atoms with E-state index in [1.807, 2.05) is 0 Å². The smallest absolute Gasteiger partial charge is 0.191 e. The molecule has 2 aliphatic heterocycles. The molecule has 3 rings (SSSR count). The van der Waals surface area contributed by atoms with Gasteiger partial charge in [0.15, 0.2) is 15.8 Å². The largest absolute Gasteiger partial charge is 0.381 e. The summed E-state index contributed by atoms with van der Waals surface area (Å²) in [6.45, 7) is 6.52. The standard InChI is InChI=1S/C22H36N4O3S/c1-18-5-4-6-19(15-18)16-26-11-7-20(8-12-26)25-21(23-2)24-17-22(30(3,27)28)9-13-29-14-10-22/h4-6,15,20H,7-14,16-17H2,1-3H3,(H2,23,24,25). The number of nitrogens with one attached hydrogen (secondary N) is 2. The van der Waals surface area contributed by atoms with E-state index in [0.29, 0.717) is 44.6 Å². The quantitative estimate of drug-likeness (QED) is 0.522. The van der Waals surface area contributed by atoms with E-state index in [9.17, 15) is 8.42 Å². The number of aryl methyl sites for hydroxylation is 1. The SMILES string of the molecule is CN=C(NCC1(S(C)(=O)=O)CCOCC1)NC1CCN(Cc2cccc(C)c2)CC1. The fourth-order valence-corrected chi connectivity index (χ4v) is 5.60. The lowest BCUT2D eigenvalue weighted by Gasteiger charge is -2.37. The Bertz CT molecular complexity index is 827. The number of aliphatic imine (C=N–C) groups is 1. The average Bonchev–Trinajstić information content (AvgIpc) is 2.72. The molecule has 168 valence electrons. The van der Waals surface area contributed by atoms with Crippen molar-refractivity contribution in [3.05, 3.63) is 35.4 Å². The molecule has 2 fully saturated rings. The first-order chi connectivity index (χ1) is 14.3. The van der Waals surface area contributed by atoms with Crippen molar-refractivity contribution in [2.45, 2.75) is 49.9 Å². The Labute approximate surface area is 181 Å². The van der Waals surface area contributed by atoms with Gasteiger partial charge in [-0.25, -0.2) is 8.42 Å². The minimum Gasteiger partial charge on any atom is -0.381 e. The Hall–Kier alpha value is -1.64. The van der Waals surface area contributed by atoms with Gasteiger partial charge in [0.2, 0.25) is 0 Å². The number of ether oxygens (including phenoxy) is 1. The number of hydrogen-bond donors (Lipinski definition) is 2. The number of rotatable bonds is 6. The maximum atomic E-state index is 12.4. The van der Waals surface area contributed by atoms with Gasteiger partial charge < -0.3 is 15.4 Å². The van der Waals surface area contributed by atoms with Crippen molar-refractivity contribution in [2.24, 2.45) is 4.99 Å². The van der Waals surface area contributed by atoms with Gasteiger partial charge in [-0.3, -0.25) is 9.89 Å². The zero-order chi connectivity index (χ0) is 21.6. The van der Waals surface area contributed by atoms with E-state index in [1.165, 1.54) is 17.4 Å². The third kappa shape index (κ3) is 5.95. The van der Waals surface area contributed by atoms with Gasteiger partial charge in [-0.05, 0) is 38.2 Å². The highest BCUT2D eigenvalue weighted by Gasteiger charge is 2.42. The van der Waals surface area contributed by atoms with Crippen LogP contribution in [-0.2, 0) is 21.1 Å². The lowest BCUT2D eigenvalue weighted by atomic mass is 9.99. The number of benzene rings is 1. The van der Waals surface area contributed by atoms with Crippen molar-refractivity contribution in [2.75, 3.05) is 46.2 Å². The van der Waals surface area contributed by atoms with Crippen LogP contribution in [0.2, 0.25) is 0 Å². The first-order valence-electron chi connectivity index (χ1n) is 10.8. The van der Waals surface area contributed by atoms with Gasteiger partial charge in [0.25, 0.3) is 0 Å². The van der Waals surface area contributed by atoms with Gasteiger partial charge >= 0.3 is 0 Å². The lowest BCUT2D eigenvalue weighted by molar-refractivity contribution is 0.0756. The molecule has 30 heavy (non-hydrogen) atoms. The second kappa shape index (κ2) is 10.1. The summed E-state index contributed by atoms with van der Waals surface area (Å²) in [7, 11) is -1.46. The van der Waals surface area contributed by atoms with Crippen LogP contribution in [0.4, 0.5) is 0 Å². The minimum atomic E-state index is -3.20. The number of hydrogen-bond acceptors (Lipinski definition) is 5. The monoisotopic (exact) mass is 436 g/mol. The van der Waals surface area contributed by atoms with E-state index in [4.69, 9.17) is 4.74 Å². The second-order valence-corrected chi connectivity index (χ2v) is 11.1. The molecule has 0 atom stereocenters. The summed E-state index contributed by atoms with van der Waals surface area (Å²) in [5.41, 5.74) is 2.66. The summed E-state index contributed by atoms with van der Waals surface area (Å²) in [5, 5.41) is 6.78. The van der Waals surface area contributed by atoms with Crippen LogP contribution in [0.5, 0.6) is 0 Å². The van der Waals surface area contributed by atoms with Gasteiger partial charge in [0.1, 0.15) is 0 Å². The number of piperidine rings is 1. The molecule has 2 aliphatic rings. The molecule has 0 unspecified atom stereocenters. The van der Waals surface area contributed by atoms with E-state index < -0.39 is 14.6 Å². The van der Waals surface area contributed by atoms with Crippen LogP contribution in [0.15, 0.2) is 29.3 Å². The Morgan fingerprint density at radius 1 is 1.27 bits per heavy atom. The first-order valence-corrected chi connectivity index (χ1v) is 12.7. The molecule has 1 aromatic carbocycles. The van der Waals surface area contributed by atoms with Crippen molar-refractivity contribution >= 4 is 15.8 Å². The van der Waals surface area contributed by atoms with Crippen LogP contribution in [0, 0.1) is 6.92 Å². The molecule has 7 nitrogen and oxygen atoms in total. The summed E-state index contributed by atoms with van der Waals surface area (Å²) in [6, 6.07) is 9.04. The normalized spacial score (nSPS) is 21.4. The summed E-state index contributed by atoms with van der Waals surface area (Å²) < 4.78 is 29.5.